The van der Waals surface area contributed by atoms with Crippen molar-refractivity contribution in [2.24, 2.45) is 5.16 Å². The van der Waals surface area contributed by atoms with E-state index in [0.717, 1.165) is 37.5 Å². The van der Waals surface area contributed by atoms with Gasteiger partial charge in [0.1, 0.15) is 0 Å². The van der Waals surface area contributed by atoms with Gasteiger partial charge in [-0.2, -0.15) is 0 Å². The third-order valence-corrected chi connectivity index (χ3v) is 3.44. The molecular weight excluding hydrogens is 254 g/mol. The van der Waals surface area contributed by atoms with E-state index in [1.54, 1.807) is 0 Å². The third-order valence-electron chi connectivity index (χ3n) is 3.44. The Hall–Kier alpha value is -1.88. The van der Waals surface area contributed by atoms with Crippen LogP contribution in [0.15, 0.2) is 35.5 Å². The first-order valence-corrected chi connectivity index (χ1v) is 6.85. The number of piperazine rings is 1. The molecule has 108 valence electrons. The summed E-state index contributed by atoms with van der Waals surface area (Å²) in [6, 6.07) is 9.77. The molecule has 1 fully saturated rings. The van der Waals surface area contributed by atoms with Crippen LogP contribution in [0.4, 0.5) is 0 Å². The largest absolute Gasteiger partial charge is 0.385 e. The molecule has 0 atom stereocenters. The lowest BCUT2D eigenvalue weighted by Crippen LogP contribution is -2.48. The molecule has 0 aromatic heterocycles. The van der Waals surface area contributed by atoms with E-state index in [9.17, 15) is 4.79 Å². The van der Waals surface area contributed by atoms with Gasteiger partial charge in [-0.15, -0.1) is 0 Å². The van der Waals surface area contributed by atoms with E-state index in [1.807, 2.05) is 42.2 Å². The van der Waals surface area contributed by atoms with Crippen LogP contribution in [0.1, 0.15) is 12.5 Å². The van der Waals surface area contributed by atoms with Crippen molar-refractivity contribution in [3.8, 4) is 0 Å². The summed E-state index contributed by atoms with van der Waals surface area (Å²) in [4.78, 5) is 21.1. The molecular formula is C15H21N3O2. The summed E-state index contributed by atoms with van der Waals surface area (Å²) in [7, 11) is 2.06. The van der Waals surface area contributed by atoms with Gasteiger partial charge in [-0.1, -0.05) is 35.5 Å². The first kappa shape index (κ1) is 14.5. The molecule has 0 unspecified atom stereocenters. The topological polar surface area (TPSA) is 45.1 Å². The van der Waals surface area contributed by atoms with Crippen LogP contribution in [-0.2, 0) is 9.63 Å². The summed E-state index contributed by atoms with van der Waals surface area (Å²) in [6.07, 6.45) is 0. The van der Waals surface area contributed by atoms with Gasteiger partial charge in [0.15, 0.2) is 6.61 Å². The van der Waals surface area contributed by atoms with Crippen LogP contribution < -0.4 is 0 Å². The Morgan fingerprint density at radius 3 is 2.50 bits per heavy atom. The van der Waals surface area contributed by atoms with Crippen molar-refractivity contribution in [1.29, 1.82) is 0 Å². The molecule has 1 saturated heterocycles. The maximum Gasteiger partial charge on any atom is 0.263 e. The zero-order valence-electron chi connectivity index (χ0n) is 12.1. The van der Waals surface area contributed by atoms with Gasteiger partial charge in [0, 0.05) is 26.2 Å². The Morgan fingerprint density at radius 1 is 1.20 bits per heavy atom. The van der Waals surface area contributed by atoms with E-state index in [0.29, 0.717) is 0 Å². The first-order chi connectivity index (χ1) is 9.66. The highest BCUT2D eigenvalue weighted by Gasteiger charge is 2.19. The number of hydrogen-bond acceptors (Lipinski definition) is 4. The fourth-order valence-corrected chi connectivity index (χ4v) is 2.06. The zero-order valence-corrected chi connectivity index (χ0v) is 12.1. The number of benzene rings is 1. The monoisotopic (exact) mass is 275 g/mol. The van der Waals surface area contributed by atoms with E-state index in [-0.39, 0.29) is 12.5 Å². The minimum Gasteiger partial charge on any atom is -0.385 e. The summed E-state index contributed by atoms with van der Waals surface area (Å²) in [5.41, 5.74) is 1.77. The molecule has 1 amide bonds. The van der Waals surface area contributed by atoms with E-state index >= 15 is 0 Å². The second-order valence-corrected chi connectivity index (χ2v) is 5.00. The Bertz CT molecular complexity index is 465. The minimum absolute atomic E-state index is 0.00251. The second-order valence-electron chi connectivity index (χ2n) is 5.00. The number of hydrogen-bond donors (Lipinski definition) is 0. The highest BCUT2D eigenvalue weighted by atomic mass is 16.6. The molecule has 0 aliphatic carbocycles. The molecule has 1 aliphatic rings. The number of amides is 1. The van der Waals surface area contributed by atoms with Crippen molar-refractivity contribution in [3.05, 3.63) is 35.9 Å². The van der Waals surface area contributed by atoms with Crippen molar-refractivity contribution in [1.82, 2.24) is 9.80 Å². The maximum absolute atomic E-state index is 11.9. The summed E-state index contributed by atoms with van der Waals surface area (Å²) in [6.45, 7) is 5.24. The Morgan fingerprint density at radius 2 is 1.85 bits per heavy atom. The zero-order chi connectivity index (χ0) is 14.4. The Labute approximate surface area is 119 Å². The highest BCUT2D eigenvalue weighted by Crippen LogP contribution is 2.02. The number of likely N-dealkylation sites (N-methyl/N-ethyl adjacent to an activating group) is 1. The molecule has 0 saturated carbocycles. The molecule has 0 N–H and O–H groups in total. The lowest BCUT2D eigenvalue weighted by molar-refractivity contribution is -0.137. The number of oxime groups is 1. The molecule has 0 bridgehead atoms. The molecule has 0 radical (unpaired) electrons. The van der Waals surface area contributed by atoms with Gasteiger partial charge in [-0.05, 0) is 19.5 Å². The van der Waals surface area contributed by atoms with E-state index < -0.39 is 0 Å². The molecule has 1 aromatic carbocycles. The van der Waals surface area contributed by atoms with Gasteiger partial charge < -0.3 is 14.6 Å². The number of carbonyl (C=O) groups is 1. The number of rotatable bonds is 4. The van der Waals surface area contributed by atoms with Gasteiger partial charge in [-0.3, -0.25) is 4.79 Å². The Balaban J connectivity index is 1.79. The molecule has 0 spiro atoms. The summed E-state index contributed by atoms with van der Waals surface area (Å²) >= 11 is 0. The quantitative estimate of drug-likeness (QED) is 0.613. The fourth-order valence-electron chi connectivity index (χ4n) is 2.06. The van der Waals surface area contributed by atoms with E-state index in [4.69, 9.17) is 4.84 Å². The predicted octanol–water partition coefficient (Wildman–Crippen LogP) is 1.20. The average Bonchev–Trinajstić information content (AvgIpc) is 2.48. The summed E-state index contributed by atoms with van der Waals surface area (Å²) in [5.74, 6) is 0.00251. The average molecular weight is 275 g/mol. The first-order valence-electron chi connectivity index (χ1n) is 6.85. The highest BCUT2D eigenvalue weighted by molar-refractivity contribution is 5.98. The second kappa shape index (κ2) is 7.05. The van der Waals surface area contributed by atoms with Crippen LogP contribution in [0.3, 0.4) is 0 Å². The lowest BCUT2D eigenvalue weighted by atomic mass is 10.1. The smallest absolute Gasteiger partial charge is 0.263 e. The van der Waals surface area contributed by atoms with E-state index in [1.165, 1.54) is 0 Å². The van der Waals surface area contributed by atoms with Gasteiger partial charge in [0.25, 0.3) is 5.91 Å². The standard InChI is InChI=1S/C15H21N3O2/c1-13(14-6-4-3-5-7-14)16-20-12-15(19)18-10-8-17(2)9-11-18/h3-7H,8-12H2,1-2H3/b16-13-. The van der Waals surface area contributed by atoms with Crippen molar-refractivity contribution >= 4 is 11.6 Å². The lowest BCUT2D eigenvalue weighted by Gasteiger charge is -2.32. The third kappa shape index (κ3) is 4.06. The van der Waals surface area contributed by atoms with Crippen LogP contribution in [-0.4, -0.2) is 61.3 Å². The molecule has 1 aromatic rings. The fraction of sp³-hybridized carbons (Fsp3) is 0.467. The van der Waals surface area contributed by atoms with Crippen LogP contribution in [0, 0.1) is 0 Å². The van der Waals surface area contributed by atoms with Gasteiger partial charge >= 0.3 is 0 Å². The summed E-state index contributed by atoms with van der Waals surface area (Å²) < 4.78 is 0. The van der Waals surface area contributed by atoms with Gasteiger partial charge in [0.05, 0.1) is 5.71 Å². The molecule has 5 heteroatoms. The van der Waals surface area contributed by atoms with Crippen LogP contribution in [0.2, 0.25) is 0 Å². The molecule has 5 nitrogen and oxygen atoms in total. The van der Waals surface area contributed by atoms with Crippen LogP contribution in [0.25, 0.3) is 0 Å². The van der Waals surface area contributed by atoms with Gasteiger partial charge in [0.2, 0.25) is 0 Å². The molecule has 20 heavy (non-hydrogen) atoms. The predicted molar refractivity (Wildman–Crippen MR) is 78.7 cm³/mol. The van der Waals surface area contributed by atoms with Crippen LogP contribution >= 0.6 is 0 Å². The molecule has 2 rings (SSSR count). The van der Waals surface area contributed by atoms with Crippen molar-refractivity contribution in [2.75, 3.05) is 39.8 Å². The molecule has 1 heterocycles. The van der Waals surface area contributed by atoms with Crippen molar-refractivity contribution in [2.45, 2.75) is 6.92 Å². The van der Waals surface area contributed by atoms with Gasteiger partial charge in [-0.25, -0.2) is 0 Å². The number of carbonyl (C=O) groups excluding carboxylic acids is 1. The minimum atomic E-state index is 0.00251. The van der Waals surface area contributed by atoms with Crippen molar-refractivity contribution in [3.63, 3.8) is 0 Å². The Kier molecular flexibility index (Phi) is 5.12. The summed E-state index contributed by atoms with van der Waals surface area (Å²) in [5, 5.41) is 4.00. The maximum atomic E-state index is 11.9. The normalized spacial score (nSPS) is 17.1. The number of nitrogens with zero attached hydrogens (tertiary/aromatic N) is 3. The SMILES string of the molecule is C/C(=N/OCC(=O)N1CCN(C)CC1)c1ccccc1. The molecule has 1 aliphatic heterocycles. The van der Waals surface area contributed by atoms with E-state index in [2.05, 4.69) is 17.1 Å². The van der Waals surface area contributed by atoms with Crippen molar-refractivity contribution < 1.29 is 9.63 Å². The van der Waals surface area contributed by atoms with Crippen LogP contribution in [0.5, 0.6) is 0 Å².